The summed E-state index contributed by atoms with van der Waals surface area (Å²) in [6, 6.07) is 12.6. The van der Waals surface area contributed by atoms with E-state index in [1.54, 1.807) is 25.6 Å². The highest BCUT2D eigenvalue weighted by atomic mass is 32.1. The standard InChI is InChI=1S/C20H22N2O3S/c1-23-17-7-8-18(24-2)14(10-17)12-22(16-5-6-16)13-15-11-19(25-21-15)20-4-3-9-26-20/h3-4,7-11,16H,5-6,12-13H2,1-2H3. The molecule has 6 heteroatoms. The number of nitrogens with zero attached hydrogens (tertiary/aromatic N) is 2. The summed E-state index contributed by atoms with van der Waals surface area (Å²) in [5, 5.41) is 6.32. The van der Waals surface area contributed by atoms with Gasteiger partial charge < -0.3 is 14.0 Å². The SMILES string of the molecule is COc1ccc(OC)c(CN(Cc2cc(-c3cccs3)on2)C2CC2)c1. The van der Waals surface area contributed by atoms with Gasteiger partial charge in [-0.1, -0.05) is 11.2 Å². The fourth-order valence-corrected chi connectivity index (χ4v) is 3.78. The first-order valence-electron chi connectivity index (χ1n) is 8.71. The van der Waals surface area contributed by atoms with Crippen molar-refractivity contribution in [1.29, 1.82) is 0 Å². The van der Waals surface area contributed by atoms with Crippen LogP contribution < -0.4 is 9.47 Å². The van der Waals surface area contributed by atoms with Crippen molar-refractivity contribution in [3.63, 3.8) is 0 Å². The summed E-state index contributed by atoms with van der Waals surface area (Å²) < 4.78 is 16.4. The van der Waals surface area contributed by atoms with E-state index in [4.69, 9.17) is 14.0 Å². The Balaban J connectivity index is 1.52. The van der Waals surface area contributed by atoms with Crippen LogP contribution in [0.25, 0.3) is 10.6 Å². The van der Waals surface area contributed by atoms with Crippen molar-refractivity contribution in [3.05, 3.63) is 53.0 Å². The number of methoxy groups -OCH3 is 2. The van der Waals surface area contributed by atoms with Gasteiger partial charge in [0.25, 0.3) is 0 Å². The molecule has 1 saturated carbocycles. The fraction of sp³-hybridized carbons (Fsp3) is 0.350. The summed E-state index contributed by atoms with van der Waals surface area (Å²) in [7, 11) is 3.39. The third-order valence-electron chi connectivity index (χ3n) is 4.61. The quantitative estimate of drug-likeness (QED) is 0.581. The Morgan fingerprint density at radius 2 is 2.04 bits per heavy atom. The summed E-state index contributed by atoms with van der Waals surface area (Å²) in [6.07, 6.45) is 2.45. The molecule has 0 saturated heterocycles. The lowest BCUT2D eigenvalue weighted by molar-refractivity contribution is 0.234. The Morgan fingerprint density at radius 1 is 1.15 bits per heavy atom. The zero-order valence-corrected chi connectivity index (χ0v) is 15.8. The molecule has 0 unspecified atom stereocenters. The Labute approximate surface area is 157 Å². The zero-order chi connectivity index (χ0) is 17.9. The largest absolute Gasteiger partial charge is 0.497 e. The maximum Gasteiger partial charge on any atom is 0.177 e. The molecule has 0 aliphatic heterocycles. The second kappa shape index (κ2) is 7.51. The Kier molecular flexibility index (Phi) is 4.95. The molecule has 0 bridgehead atoms. The molecular formula is C20H22N2O3S. The van der Waals surface area contributed by atoms with Crippen LogP contribution in [-0.4, -0.2) is 30.3 Å². The van der Waals surface area contributed by atoms with Crippen LogP contribution in [0.2, 0.25) is 0 Å². The number of hydrogen-bond donors (Lipinski definition) is 0. The first kappa shape index (κ1) is 17.1. The highest BCUT2D eigenvalue weighted by Crippen LogP contribution is 2.33. The molecule has 1 aromatic carbocycles. The Hall–Kier alpha value is -2.31. The van der Waals surface area contributed by atoms with Gasteiger partial charge in [-0.15, -0.1) is 11.3 Å². The van der Waals surface area contributed by atoms with Gasteiger partial charge in [-0.25, -0.2) is 0 Å². The minimum absolute atomic E-state index is 0.591. The highest BCUT2D eigenvalue weighted by Gasteiger charge is 2.30. The number of rotatable bonds is 8. The summed E-state index contributed by atoms with van der Waals surface area (Å²) in [5.74, 6) is 2.57. The van der Waals surface area contributed by atoms with E-state index in [-0.39, 0.29) is 0 Å². The maximum absolute atomic E-state index is 5.53. The molecule has 4 rings (SSSR count). The van der Waals surface area contributed by atoms with Gasteiger partial charge in [0, 0.05) is 30.8 Å². The first-order chi connectivity index (χ1) is 12.8. The van der Waals surface area contributed by atoms with Crippen molar-refractivity contribution >= 4 is 11.3 Å². The number of hydrogen-bond acceptors (Lipinski definition) is 6. The third kappa shape index (κ3) is 3.76. The van der Waals surface area contributed by atoms with Crippen molar-refractivity contribution in [1.82, 2.24) is 10.1 Å². The van der Waals surface area contributed by atoms with Crippen LogP contribution in [0.4, 0.5) is 0 Å². The smallest absolute Gasteiger partial charge is 0.177 e. The van der Waals surface area contributed by atoms with Crippen LogP contribution in [-0.2, 0) is 13.1 Å². The molecule has 0 amide bonds. The van der Waals surface area contributed by atoms with Gasteiger partial charge in [0.15, 0.2) is 5.76 Å². The van der Waals surface area contributed by atoms with Crippen LogP contribution in [0.5, 0.6) is 11.5 Å². The van der Waals surface area contributed by atoms with Gasteiger partial charge in [0.2, 0.25) is 0 Å². The molecule has 136 valence electrons. The summed E-state index contributed by atoms with van der Waals surface area (Å²) in [4.78, 5) is 3.55. The van der Waals surface area contributed by atoms with E-state index in [1.165, 1.54) is 12.8 Å². The predicted octanol–water partition coefficient (Wildman–Crippen LogP) is 4.58. The maximum atomic E-state index is 5.53. The summed E-state index contributed by atoms with van der Waals surface area (Å²) in [6.45, 7) is 1.56. The van der Waals surface area contributed by atoms with Crippen molar-refractivity contribution in [3.8, 4) is 22.1 Å². The van der Waals surface area contributed by atoms with Gasteiger partial charge in [-0.05, 0) is 42.5 Å². The molecule has 0 atom stereocenters. The minimum Gasteiger partial charge on any atom is -0.497 e. The van der Waals surface area contributed by atoms with E-state index in [1.807, 2.05) is 35.7 Å². The Bertz CT molecular complexity index is 856. The number of aromatic nitrogens is 1. The molecular weight excluding hydrogens is 348 g/mol. The van der Waals surface area contributed by atoms with Crippen LogP contribution in [0.3, 0.4) is 0 Å². The molecule has 0 N–H and O–H groups in total. The lowest BCUT2D eigenvalue weighted by Crippen LogP contribution is -2.25. The molecule has 0 radical (unpaired) electrons. The van der Waals surface area contributed by atoms with Crippen LogP contribution in [0.15, 0.2) is 46.3 Å². The normalized spacial score (nSPS) is 14.0. The van der Waals surface area contributed by atoms with Crippen LogP contribution in [0, 0.1) is 0 Å². The van der Waals surface area contributed by atoms with E-state index in [2.05, 4.69) is 16.1 Å². The number of thiophene rings is 1. The van der Waals surface area contributed by atoms with Gasteiger partial charge in [0.1, 0.15) is 11.5 Å². The number of ether oxygens (including phenoxy) is 2. The second-order valence-electron chi connectivity index (χ2n) is 6.47. The van der Waals surface area contributed by atoms with E-state index in [0.29, 0.717) is 6.04 Å². The second-order valence-corrected chi connectivity index (χ2v) is 7.42. The molecule has 0 spiro atoms. The lowest BCUT2D eigenvalue weighted by Gasteiger charge is -2.22. The molecule has 5 nitrogen and oxygen atoms in total. The summed E-state index contributed by atoms with van der Waals surface area (Å²) in [5.41, 5.74) is 2.09. The third-order valence-corrected chi connectivity index (χ3v) is 5.50. The molecule has 2 aromatic heterocycles. The van der Waals surface area contributed by atoms with Crippen LogP contribution >= 0.6 is 11.3 Å². The van der Waals surface area contributed by atoms with Crippen molar-refractivity contribution in [2.75, 3.05) is 14.2 Å². The molecule has 1 fully saturated rings. The fourth-order valence-electron chi connectivity index (χ4n) is 3.11. The zero-order valence-electron chi connectivity index (χ0n) is 15.0. The van der Waals surface area contributed by atoms with E-state index in [0.717, 1.165) is 46.5 Å². The molecule has 2 heterocycles. The predicted molar refractivity (Wildman–Crippen MR) is 102 cm³/mol. The van der Waals surface area contributed by atoms with Gasteiger partial charge in [0.05, 0.1) is 24.8 Å². The molecule has 26 heavy (non-hydrogen) atoms. The van der Waals surface area contributed by atoms with Crippen molar-refractivity contribution in [2.45, 2.75) is 32.0 Å². The average Bonchev–Trinajstić information content (AvgIpc) is 3.17. The molecule has 1 aliphatic carbocycles. The Morgan fingerprint density at radius 3 is 2.73 bits per heavy atom. The topological polar surface area (TPSA) is 47.7 Å². The number of benzene rings is 1. The molecule has 1 aliphatic rings. The highest BCUT2D eigenvalue weighted by molar-refractivity contribution is 7.13. The van der Waals surface area contributed by atoms with Crippen molar-refractivity contribution in [2.24, 2.45) is 0 Å². The van der Waals surface area contributed by atoms with E-state index >= 15 is 0 Å². The lowest BCUT2D eigenvalue weighted by atomic mass is 10.1. The average molecular weight is 370 g/mol. The van der Waals surface area contributed by atoms with Crippen molar-refractivity contribution < 1.29 is 14.0 Å². The molecule has 3 aromatic rings. The van der Waals surface area contributed by atoms with Gasteiger partial charge in [-0.3, -0.25) is 4.90 Å². The summed E-state index contributed by atoms with van der Waals surface area (Å²) >= 11 is 1.66. The minimum atomic E-state index is 0.591. The van der Waals surface area contributed by atoms with Gasteiger partial charge in [-0.2, -0.15) is 0 Å². The monoisotopic (exact) mass is 370 g/mol. The first-order valence-corrected chi connectivity index (χ1v) is 9.59. The van der Waals surface area contributed by atoms with Gasteiger partial charge >= 0.3 is 0 Å². The van der Waals surface area contributed by atoms with Crippen LogP contribution in [0.1, 0.15) is 24.1 Å². The van der Waals surface area contributed by atoms with E-state index < -0.39 is 0 Å². The van der Waals surface area contributed by atoms with E-state index in [9.17, 15) is 0 Å².